The lowest BCUT2D eigenvalue weighted by Crippen LogP contribution is -2.57. The van der Waals surface area contributed by atoms with Crippen molar-refractivity contribution in [1.82, 2.24) is 10.2 Å². The molecule has 1 aliphatic rings. The van der Waals surface area contributed by atoms with Gasteiger partial charge in [-0.05, 0) is 44.4 Å². The summed E-state index contributed by atoms with van der Waals surface area (Å²) in [5.74, 6) is 0.444. The van der Waals surface area contributed by atoms with Gasteiger partial charge in [0.25, 0.3) is 0 Å². The van der Waals surface area contributed by atoms with Gasteiger partial charge in [0.1, 0.15) is 12.1 Å². The molecule has 1 aromatic rings. The monoisotopic (exact) mass is 468 g/mol. The van der Waals surface area contributed by atoms with Gasteiger partial charge in [-0.25, -0.2) is 4.79 Å². The topological polar surface area (TPSA) is 114 Å². The van der Waals surface area contributed by atoms with E-state index in [4.69, 9.17) is 14.2 Å². The molecule has 2 unspecified atom stereocenters. The molecule has 32 heavy (non-hydrogen) atoms. The third-order valence-electron chi connectivity index (χ3n) is 5.26. The van der Waals surface area contributed by atoms with Gasteiger partial charge < -0.3 is 24.2 Å². The van der Waals surface area contributed by atoms with Crippen LogP contribution in [0, 0.1) is 0 Å². The van der Waals surface area contributed by atoms with Crippen molar-refractivity contribution in [2.24, 2.45) is 0 Å². The first-order chi connectivity index (χ1) is 15.3. The molecule has 1 saturated heterocycles. The number of benzene rings is 1. The van der Waals surface area contributed by atoms with Crippen molar-refractivity contribution < 1.29 is 33.7 Å². The predicted molar refractivity (Wildman–Crippen MR) is 121 cm³/mol. The van der Waals surface area contributed by atoms with Crippen molar-refractivity contribution in [3.8, 4) is 11.5 Å². The van der Waals surface area contributed by atoms with Gasteiger partial charge in [0, 0.05) is 18.1 Å². The summed E-state index contributed by atoms with van der Waals surface area (Å²) >= 11 is 1.51. The second-order valence-corrected chi connectivity index (χ2v) is 8.53. The standard InChI is InChI=1S/C22H32N2O7S/c1-5-31-22(28)16(8-6-15-7-9-18(29-3)19(12-15)30-4)23-14(2)20(25)24-10-11-32-13-17(24)21(26)27/h7,9,12,14,16-17,23H,5-6,8,10-11,13H2,1-4H3,(H,26,27)/t14-,16?,17?/m0/s1. The van der Waals surface area contributed by atoms with Gasteiger partial charge in [-0.2, -0.15) is 11.8 Å². The summed E-state index contributed by atoms with van der Waals surface area (Å²) in [4.78, 5) is 38.4. The van der Waals surface area contributed by atoms with Gasteiger partial charge in [0.2, 0.25) is 5.91 Å². The zero-order valence-corrected chi connectivity index (χ0v) is 19.8. The average Bonchev–Trinajstić information content (AvgIpc) is 2.80. The molecule has 9 nitrogen and oxygen atoms in total. The van der Waals surface area contributed by atoms with Crippen molar-refractivity contribution in [2.75, 3.05) is 38.9 Å². The molecule has 1 fully saturated rings. The Labute approximate surface area is 192 Å². The number of aliphatic carboxylic acids is 1. The summed E-state index contributed by atoms with van der Waals surface area (Å²) in [5.41, 5.74) is 0.941. The lowest BCUT2D eigenvalue weighted by atomic mass is 10.0. The number of hydrogen-bond acceptors (Lipinski definition) is 8. The van der Waals surface area contributed by atoms with Gasteiger partial charge in [-0.15, -0.1) is 0 Å². The van der Waals surface area contributed by atoms with Crippen LogP contribution in [0.3, 0.4) is 0 Å². The minimum absolute atomic E-state index is 0.222. The van der Waals surface area contributed by atoms with Crippen LogP contribution in [0.4, 0.5) is 0 Å². The first-order valence-corrected chi connectivity index (χ1v) is 11.7. The molecule has 1 aromatic carbocycles. The quantitative estimate of drug-likeness (QED) is 0.467. The SMILES string of the molecule is CCOC(=O)C(CCc1ccc(OC)c(OC)c1)N[C@@H](C)C(=O)N1CCSCC1C(=O)O. The fraction of sp³-hybridized carbons (Fsp3) is 0.591. The summed E-state index contributed by atoms with van der Waals surface area (Å²) in [7, 11) is 3.12. The van der Waals surface area contributed by atoms with E-state index in [1.165, 1.54) is 16.7 Å². The van der Waals surface area contributed by atoms with Crippen molar-refractivity contribution in [3.63, 3.8) is 0 Å². The Morgan fingerprint density at radius 2 is 1.97 bits per heavy atom. The maximum atomic E-state index is 13.0. The normalized spacial score (nSPS) is 17.9. The molecule has 0 spiro atoms. The molecule has 1 heterocycles. The minimum atomic E-state index is -1.02. The van der Waals surface area contributed by atoms with E-state index < -0.39 is 30.1 Å². The van der Waals surface area contributed by atoms with Gasteiger partial charge >= 0.3 is 11.9 Å². The minimum Gasteiger partial charge on any atom is -0.493 e. The number of nitrogens with one attached hydrogen (secondary N) is 1. The smallest absolute Gasteiger partial charge is 0.327 e. The van der Waals surface area contributed by atoms with E-state index in [1.54, 1.807) is 34.1 Å². The van der Waals surface area contributed by atoms with Gasteiger partial charge in [-0.3, -0.25) is 14.9 Å². The summed E-state index contributed by atoms with van der Waals surface area (Å²) < 4.78 is 15.8. The lowest BCUT2D eigenvalue weighted by Gasteiger charge is -2.35. The molecule has 0 bridgehead atoms. The number of thioether (sulfide) groups is 1. The number of nitrogens with zero attached hydrogens (tertiary/aromatic N) is 1. The number of carboxylic acids is 1. The molecule has 1 amide bonds. The Morgan fingerprint density at radius 1 is 1.25 bits per heavy atom. The third-order valence-corrected chi connectivity index (χ3v) is 6.28. The largest absolute Gasteiger partial charge is 0.493 e. The van der Waals surface area contributed by atoms with E-state index in [0.29, 0.717) is 42.4 Å². The highest BCUT2D eigenvalue weighted by molar-refractivity contribution is 7.99. The fourth-order valence-electron chi connectivity index (χ4n) is 3.55. The van der Waals surface area contributed by atoms with E-state index in [-0.39, 0.29) is 12.5 Å². The van der Waals surface area contributed by atoms with Crippen LogP contribution in [0.25, 0.3) is 0 Å². The maximum absolute atomic E-state index is 13.0. The fourth-order valence-corrected chi connectivity index (χ4v) is 4.59. The highest BCUT2D eigenvalue weighted by atomic mass is 32.2. The molecule has 1 aliphatic heterocycles. The highest BCUT2D eigenvalue weighted by Crippen LogP contribution is 2.28. The zero-order valence-electron chi connectivity index (χ0n) is 19.0. The molecule has 3 atom stereocenters. The number of carbonyl (C=O) groups is 3. The Hall–Kier alpha value is -2.46. The van der Waals surface area contributed by atoms with Crippen molar-refractivity contribution in [3.05, 3.63) is 23.8 Å². The molecular formula is C22H32N2O7S. The molecular weight excluding hydrogens is 436 g/mol. The summed E-state index contributed by atoms with van der Waals surface area (Å²) in [5, 5.41) is 12.5. The predicted octanol–water partition coefficient (Wildman–Crippen LogP) is 1.57. The van der Waals surface area contributed by atoms with Crippen molar-refractivity contribution >= 4 is 29.6 Å². The molecule has 0 aliphatic carbocycles. The third kappa shape index (κ3) is 6.77. The molecule has 178 valence electrons. The number of carboxylic acid groups (broad SMARTS) is 1. The van der Waals surface area contributed by atoms with E-state index in [0.717, 1.165) is 5.56 Å². The van der Waals surface area contributed by atoms with E-state index in [9.17, 15) is 19.5 Å². The van der Waals surface area contributed by atoms with E-state index in [1.807, 2.05) is 12.1 Å². The van der Waals surface area contributed by atoms with Crippen LogP contribution in [0.15, 0.2) is 18.2 Å². The number of methoxy groups -OCH3 is 2. The number of rotatable bonds is 11. The lowest BCUT2D eigenvalue weighted by molar-refractivity contribution is -0.151. The summed E-state index contributed by atoms with van der Waals surface area (Å²) in [6, 6.07) is 3.22. The Morgan fingerprint density at radius 3 is 2.59 bits per heavy atom. The summed E-state index contributed by atoms with van der Waals surface area (Å²) in [6.07, 6.45) is 0.931. The number of amides is 1. The molecule has 2 N–H and O–H groups in total. The van der Waals surface area contributed by atoms with Crippen LogP contribution in [0.2, 0.25) is 0 Å². The average molecular weight is 469 g/mol. The first-order valence-electron chi connectivity index (χ1n) is 10.6. The van der Waals surface area contributed by atoms with Crippen LogP contribution in [0.5, 0.6) is 11.5 Å². The number of ether oxygens (including phenoxy) is 3. The summed E-state index contributed by atoms with van der Waals surface area (Å²) in [6.45, 7) is 3.95. The second kappa shape index (κ2) is 12.5. The molecule has 0 aromatic heterocycles. The van der Waals surface area contributed by atoms with Gasteiger partial charge in [-0.1, -0.05) is 6.07 Å². The van der Waals surface area contributed by atoms with Crippen LogP contribution in [-0.2, 0) is 25.5 Å². The van der Waals surface area contributed by atoms with Crippen molar-refractivity contribution in [2.45, 2.75) is 44.8 Å². The number of esters is 1. The maximum Gasteiger partial charge on any atom is 0.327 e. The number of carbonyl (C=O) groups excluding carboxylic acids is 2. The first kappa shape index (κ1) is 25.8. The number of hydrogen-bond donors (Lipinski definition) is 2. The van der Waals surface area contributed by atoms with Crippen LogP contribution < -0.4 is 14.8 Å². The zero-order chi connectivity index (χ0) is 23.7. The van der Waals surface area contributed by atoms with E-state index in [2.05, 4.69) is 5.32 Å². The molecule has 0 saturated carbocycles. The van der Waals surface area contributed by atoms with Gasteiger partial charge in [0.05, 0.1) is 26.9 Å². The van der Waals surface area contributed by atoms with Gasteiger partial charge in [0.15, 0.2) is 11.5 Å². The van der Waals surface area contributed by atoms with Crippen molar-refractivity contribution in [1.29, 1.82) is 0 Å². The van der Waals surface area contributed by atoms with E-state index >= 15 is 0 Å². The second-order valence-electron chi connectivity index (χ2n) is 7.38. The Balaban J connectivity index is 2.09. The van der Waals surface area contributed by atoms with Crippen LogP contribution in [-0.4, -0.2) is 84.9 Å². The Bertz CT molecular complexity index is 804. The molecule has 10 heteroatoms. The Kier molecular flexibility index (Phi) is 10.1. The van der Waals surface area contributed by atoms with Crippen LogP contribution in [0.1, 0.15) is 25.8 Å². The molecule has 0 radical (unpaired) electrons. The number of aryl methyl sites for hydroxylation is 1. The highest BCUT2D eigenvalue weighted by Gasteiger charge is 2.35. The molecule has 2 rings (SSSR count). The van der Waals surface area contributed by atoms with Crippen LogP contribution >= 0.6 is 11.8 Å².